The lowest BCUT2D eigenvalue weighted by atomic mass is 10.2. The van der Waals surface area contributed by atoms with E-state index in [-0.39, 0.29) is 24.3 Å². The molecule has 3 aromatic rings. The summed E-state index contributed by atoms with van der Waals surface area (Å²) < 4.78 is 67.7. The van der Waals surface area contributed by atoms with E-state index < -0.39 is 20.2 Å². The zero-order valence-electron chi connectivity index (χ0n) is 24.8. The van der Waals surface area contributed by atoms with Gasteiger partial charge in [0.25, 0.3) is 26.1 Å². The third kappa shape index (κ3) is 8.68. The van der Waals surface area contributed by atoms with Gasteiger partial charge >= 0.3 is 0 Å². The Morgan fingerprint density at radius 3 is 1.91 bits per heavy atom. The van der Waals surface area contributed by atoms with Crippen LogP contribution in [0.2, 0.25) is 20.1 Å². The van der Waals surface area contributed by atoms with Gasteiger partial charge in [-0.05, 0) is 57.7 Å². The zero-order valence-corrected chi connectivity index (χ0v) is 29.5. The quantitative estimate of drug-likeness (QED) is 0.0803. The molecule has 246 valence electrons. The molecule has 2 N–H and O–H groups in total. The molecule has 45 heavy (non-hydrogen) atoms. The molecule has 1 aromatic heterocycles. The van der Waals surface area contributed by atoms with Crippen LogP contribution in [0.4, 0.5) is 11.4 Å². The predicted octanol–water partition coefficient (Wildman–Crippen LogP) is 6.78. The van der Waals surface area contributed by atoms with E-state index in [1.807, 2.05) is 30.9 Å². The lowest BCUT2D eigenvalue weighted by Gasteiger charge is -2.22. The number of aromatic nitrogens is 2. The Hall–Kier alpha value is -1.99. The van der Waals surface area contributed by atoms with Crippen molar-refractivity contribution < 1.29 is 30.5 Å². The monoisotopic (exact) mass is 739 g/mol. The molecule has 0 bridgehead atoms. The first-order valence-corrected chi connectivity index (χ1v) is 19.2. The van der Waals surface area contributed by atoms with E-state index in [1.54, 1.807) is 18.2 Å². The minimum absolute atomic E-state index is 0.272. The van der Waals surface area contributed by atoms with Crippen LogP contribution in [0.5, 0.6) is 0 Å². The molecule has 0 unspecified atom stereocenters. The van der Waals surface area contributed by atoms with E-state index in [9.17, 15) is 25.9 Å². The summed E-state index contributed by atoms with van der Waals surface area (Å²) in [5.74, 6) is 1.01. The Morgan fingerprint density at radius 2 is 1.33 bits per heavy atom. The number of imidazole rings is 1. The minimum atomic E-state index is -4.07. The number of anilines is 2. The van der Waals surface area contributed by atoms with Crippen LogP contribution < -0.4 is 14.4 Å². The molecule has 0 saturated carbocycles. The van der Waals surface area contributed by atoms with Gasteiger partial charge in [0, 0.05) is 25.2 Å². The van der Waals surface area contributed by atoms with Gasteiger partial charge in [0.15, 0.2) is 16.9 Å². The van der Waals surface area contributed by atoms with Gasteiger partial charge in [-0.25, -0.2) is 9.13 Å². The zero-order chi connectivity index (χ0) is 33.1. The molecule has 0 radical (unpaired) electrons. The van der Waals surface area contributed by atoms with Gasteiger partial charge in [-0.3, -0.25) is 9.11 Å². The molecule has 10 nitrogen and oxygen atoms in total. The van der Waals surface area contributed by atoms with Crippen molar-refractivity contribution in [3.8, 4) is 0 Å². The summed E-state index contributed by atoms with van der Waals surface area (Å²) in [6.07, 6.45) is 3.91. The van der Waals surface area contributed by atoms with Crippen LogP contribution in [-0.4, -0.2) is 55.1 Å². The highest BCUT2D eigenvalue weighted by Crippen LogP contribution is 2.45. The summed E-state index contributed by atoms with van der Waals surface area (Å²) >= 11 is 25.6. The molecule has 16 heteroatoms. The topological polar surface area (TPSA) is 124 Å². The summed E-state index contributed by atoms with van der Waals surface area (Å²) in [4.78, 5) is 4.06. The van der Waals surface area contributed by atoms with Gasteiger partial charge in [-0.2, -0.15) is 16.8 Å². The van der Waals surface area contributed by atoms with Crippen LogP contribution in [0.1, 0.15) is 45.4 Å². The molecule has 0 amide bonds. The van der Waals surface area contributed by atoms with Crippen molar-refractivity contribution >= 4 is 89.0 Å². The SMILES string of the molecule is CCN1C(=C=CCc2n(CC)c3cc(Cl)c(Cl)cc3[n+]2CCCCS(=O)(=O)O)N(CCCCS(=O)(=O)O)c2cc(Cl)c(Cl)cc21. The Morgan fingerprint density at radius 1 is 0.778 bits per heavy atom. The molecule has 4 rings (SSSR count). The fourth-order valence-corrected chi connectivity index (χ4v) is 7.35. The van der Waals surface area contributed by atoms with Gasteiger partial charge in [-0.15, -0.1) is 0 Å². The predicted molar refractivity (Wildman–Crippen MR) is 181 cm³/mol. The van der Waals surface area contributed by atoms with Crippen molar-refractivity contribution in [1.29, 1.82) is 0 Å². The standard InChI is InChI=1S/C29H34Cl4N4O6S2/c1-3-34-24-16-20(30)22(32)18-26(24)36(12-5-7-14-44(38,39)40)28(34)10-9-11-29-35(4-2)25-17-21(31)23(33)19-27(25)37(29)13-6-8-15-45(41,42)43/h9,16-19H,3-8,10,12-15H2,1-2H3,(H-,38,39,40,41,42,43)/p+1. The number of unbranched alkanes of at least 4 members (excludes halogenated alkanes) is 2. The molecule has 2 heterocycles. The van der Waals surface area contributed by atoms with E-state index in [0.29, 0.717) is 65.5 Å². The molecular formula is C29H35Cl4N4O6S2+. The maximum atomic E-state index is 11.3. The van der Waals surface area contributed by atoms with E-state index in [4.69, 9.17) is 46.4 Å². The first kappa shape index (κ1) is 35.9. The number of hydrogen-bond donors (Lipinski definition) is 2. The maximum absolute atomic E-state index is 11.3. The molecule has 0 spiro atoms. The van der Waals surface area contributed by atoms with Gasteiger partial charge in [0.05, 0.1) is 62.5 Å². The highest BCUT2D eigenvalue weighted by molar-refractivity contribution is 7.86. The second-order valence-corrected chi connectivity index (χ2v) is 15.4. The number of fused-ring (bicyclic) bond motifs is 2. The van der Waals surface area contributed by atoms with Crippen molar-refractivity contribution in [2.45, 2.75) is 59.0 Å². The van der Waals surface area contributed by atoms with Crippen LogP contribution in [0.15, 0.2) is 41.9 Å². The second kappa shape index (κ2) is 14.8. The van der Waals surface area contributed by atoms with Gasteiger partial charge < -0.3 is 9.80 Å². The Balaban J connectivity index is 1.75. The second-order valence-electron chi connectivity index (χ2n) is 10.6. The average molecular weight is 742 g/mol. The van der Waals surface area contributed by atoms with Crippen molar-refractivity contribution in [3.63, 3.8) is 0 Å². The lowest BCUT2D eigenvalue weighted by molar-refractivity contribution is -0.679. The molecule has 0 fully saturated rings. The summed E-state index contributed by atoms with van der Waals surface area (Å²) in [5.41, 5.74) is 6.85. The number of hydrogen-bond acceptors (Lipinski definition) is 6. The summed E-state index contributed by atoms with van der Waals surface area (Å²) in [6, 6.07) is 7.19. The summed E-state index contributed by atoms with van der Waals surface area (Å²) in [7, 11) is -8.13. The minimum Gasteiger partial charge on any atom is -0.319 e. The largest absolute Gasteiger partial charge is 0.319 e. The Bertz CT molecular complexity index is 1870. The number of nitrogens with zero attached hydrogens (tertiary/aromatic N) is 4. The van der Waals surface area contributed by atoms with E-state index in [2.05, 4.69) is 19.8 Å². The fourth-order valence-electron chi connectivity index (χ4n) is 5.58. The third-order valence-corrected chi connectivity index (χ3v) is 10.6. The van der Waals surface area contributed by atoms with E-state index >= 15 is 0 Å². The van der Waals surface area contributed by atoms with Crippen LogP contribution >= 0.6 is 46.4 Å². The van der Waals surface area contributed by atoms with Gasteiger partial charge in [-0.1, -0.05) is 52.1 Å². The van der Waals surface area contributed by atoms with E-state index in [0.717, 1.165) is 34.1 Å². The van der Waals surface area contributed by atoms with Crippen LogP contribution in [0.3, 0.4) is 0 Å². The Kier molecular flexibility index (Phi) is 11.8. The number of benzene rings is 2. The van der Waals surface area contributed by atoms with E-state index in [1.165, 1.54) is 0 Å². The normalized spacial score (nSPS) is 13.6. The highest BCUT2D eigenvalue weighted by Gasteiger charge is 2.31. The van der Waals surface area contributed by atoms with Crippen LogP contribution in [-0.2, 0) is 39.7 Å². The number of allylic oxidation sites excluding steroid dienone is 1. The van der Waals surface area contributed by atoms with Crippen LogP contribution in [0, 0.1) is 0 Å². The molecular weight excluding hydrogens is 706 g/mol. The fraction of sp³-hybridized carbons (Fsp3) is 0.448. The maximum Gasteiger partial charge on any atom is 0.264 e. The van der Waals surface area contributed by atoms with Crippen molar-refractivity contribution in [2.24, 2.45) is 0 Å². The van der Waals surface area contributed by atoms with Gasteiger partial charge in [0.1, 0.15) is 0 Å². The summed E-state index contributed by atoms with van der Waals surface area (Å²) in [6.45, 7) is 6.19. The average Bonchev–Trinajstić information content (AvgIpc) is 3.38. The highest BCUT2D eigenvalue weighted by atomic mass is 35.5. The first-order chi connectivity index (χ1) is 21.1. The van der Waals surface area contributed by atoms with Crippen molar-refractivity contribution in [1.82, 2.24) is 4.57 Å². The molecule has 0 saturated heterocycles. The Labute approximate surface area is 283 Å². The van der Waals surface area contributed by atoms with Crippen LogP contribution in [0.25, 0.3) is 11.0 Å². The molecule has 0 aliphatic carbocycles. The summed E-state index contributed by atoms with van der Waals surface area (Å²) in [5, 5.41) is 1.62. The van der Waals surface area contributed by atoms with Crippen molar-refractivity contribution in [2.75, 3.05) is 34.4 Å². The molecule has 0 atom stereocenters. The molecule has 2 aromatic carbocycles. The third-order valence-electron chi connectivity index (χ3n) is 7.55. The first-order valence-electron chi connectivity index (χ1n) is 14.4. The molecule has 1 aliphatic heterocycles. The van der Waals surface area contributed by atoms with Gasteiger partial charge in [0.2, 0.25) is 0 Å². The van der Waals surface area contributed by atoms with Crippen molar-refractivity contribution in [3.05, 3.63) is 67.8 Å². The smallest absolute Gasteiger partial charge is 0.264 e. The number of halogens is 4. The lowest BCUT2D eigenvalue weighted by Crippen LogP contribution is -2.38. The number of rotatable bonds is 14. The number of aryl methyl sites for hydroxylation is 2. The molecule has 1 aliphatic rings.